The van der Waals surface area contributed by atoms with Crippen LogP contribution in [-0.2, 0) is 4.79 Å². The van der Waals surface area contributed by atoms with Crippen LogP contribution >= 0.6 is 0 Å². The lowest BCUT2D eigenvalue weighted by Crippen LogP contribution is -2.40. The molecule has 0 unspecified atom stereocenters. The van der Waals surface area contributed by atoms with E-state index in [4.69, 9.17) is 0 Å². The maximum absolute atomic E-state index is 11.8. The van der Waals surface area contributed by atoms with Crippen molar-refractivity contribution in [3.05, 3.63) is 30.3 Å². The number of urea groups is 1. The monoisotopic (exact) mass is 346 g/mol. The fourth-order valence-corrected chi connectivity index (χ4v) is 3.10. The van der Waals surface area contributed by atoms with E-state index in [-0.39, 0.29) is 18.4 Å². The average Bonchev–Trinajstić information content (AvgIpc) is 3.00. The summed E-state index contributed by atoms with van der Waals surface area (Å²) in [7, 11) is 0. The first-order valence-corrected chi connectivity index (χ1v) is 9.12. The predicted molar refractivity (Wildman–Crippen MR) is 100 cm³/mol. The highest BCUT2D eigenvalue weighted by Crippen LogP contribution is 2.16. The summed E-state index contributed by atoms with van der Waals surface area (Å²) in [5.41, 5.74) is 0.768. The first-order valence-electron chi connectivity index (χ1n) is 9.12. The Labute approximate surface area is 150 Å². The van der Waals surface area contributed by atoms with E-state index >= 15 is 0 Å². The normalized spacial score (nSPS) is 17.5. The summed E-state index contributed by atoms with van der Waals surface area (Å²) in [6, 6.07) is 9.10. The minimum atomic E-state index is -0.199. The summed E-state index contributed by atoms with van der Waals surface area (Å²) >= 11 is 0. The molecule has 0 bridgehead atoms. The van der Waals surface area contributed by atoms with Crippen molar-refractivity contribution in [2.45, 2.75) is 26.7 Å². The highest BCUT2D eigenvalue weighted by atomic mass is 16.2. The molecule has 1 aliphatic heterocycles. The number of carbonyl (C=O) groups excluding carboxylic acids is 2. The number of hydrogen-bond acceptors (Lipinski definition) is 3. The molecular weight excluding hydrogens is 316 g/mol. The number of anilines is 1. The molecule has 1 aliphatic rings. The van der Waals surface area contributed by atoms with Gasteiger partial charge in [-0.2, -0.15) is 0 Å². The Balaban J connectivity index is 1.55. The number of nitrogens with zero attached hydrogens (tertiary/aromatic N) is 1. The van der Waals surface area contributed by atoms with Crippen molar-refractivity contribution < 1.29 is 9.59 Å². The molecule has 0 saturated carbocycles. The van der Waals surface area contributed by atoms with E-state index in [2.05, 4.69) is 34.7 Å². The van der Waals surface area contributed by atoms with Crippen molar-refractivity contribution in [3.63, 3.8) is 0 Å². The lowest BCUT2D eigenvalue weighted by molar-refractivity contribution is -0.116. The van der Waals surface area contributed by atoms with Crippen LogP contribution in [0.2, 0.25) is 0 Å². The Hall–Kier alpha value is -2.08. The first-order chi connectivity index (χ1) is 12.0. The fourth-order valence-electron chi connectivity index (χ4n) is 3.10. The summed E-state index contributed by atoms with van der Waals surface area (Å²) in [6.45, 7) is 8.77. The molecule has 0 radical (unpaired) electrons. The summed E-state index contributed by atoms with van der Waals surface area (Å²) in [6.07, 6.45) is 1.39. The number of benzene rings is 1. The van der Waals surface area contributed by atoms with Gasteiger partial charge in [0.25, 0.3) is 0 Å². The topological polar surface area (TPSA) is 73.5 Å². The van der Waals surface area contributed by atoms with Crippen LogP contribution in [0.1, 0.15) is 26.7 Å². The molecule has 1 heterocycles. The summed E-state index contributed by atoms with van der Waals surface area (Å²) in [5, 5.41) is 8.45. The van der Waals surface area contributed by atoms with E-state index in [1.807, 2.05) is 30.3 Å². The van der Waals surface area contributed by atoms with E-state index in [0.29, 0.717) is 24.9 Å². The van der Waals surface area contributed by atoms with Gasteiger partial charge in [0.15, 0.2) is 0 Å². The molecule has 1 saturated heterocycles. The molecule has 0 spiro atoms. The van der Waals surface area contributed by atoms with Crippen LogP contribution in [-0.4, -0.2) is 49.6 Å². The number of likely N-dealkylation sites (tertiary alicyclic amines) is 1. The third kappa shape index (κ3) is 7.56. The predicted octanol–water partition coefficient (Wildman–Crippen LogP) is 2.29. The Morgan fingerprint density at radius 3 is 2.68 bits per heavy atom. The van der Waals surface area contributed by atoms with Crippen molar-refractivity contribution in [3.8, 4) is 0 Å². The van der Waals surface area contributed by atoms with Crippen molar-refractivity contribution in [2.75, 3.05) is 38.0 Å². The smallest absolute Gasteiger partial charge is 0.314 e. The lowest BCUT2D eigenvalue weighted by Gasteiger charge is -2.18. The summed E-state index contributed by atoms with van der Waals surface area (Å²) in [5.74, 6) is 1.09. The Kier molecular flexibility index (Phi) is 7.73. The Morgan fingerprint density at radius 2 is 1.96 bits per heavy atom. The van der Waals surface area contributed by atoms with Crippen LogP contribution in [0.3, 0.4) is 0 Å². The van der Waals surface area contributed by atoms with Gasteiger partial charge in [0.05, 0.1) is 0 Å². The molecule has 3 N–H and O–H groups in total. The second kappa shape index (κ2) is 10.0. The van der Waals surface area contributed by atoms with Gasteiger partial charge in [0.2, 0.25) is 5.91 Å². The number of hydrogen-bond donors (Lipinski definition) is 3. The van der Waals surface area contributed by atoms with E-state index in [1.165, 1.54) is 0 Å². The molecule has 6 heteroatoms. The molecule has 1 aromatic carbocycles. The van der Waals surface area contributed by atoms with E-state index < -0.39 is 0 Å². The highest BCUT2D eigenvalue weighted by molar-refractivity contribution is 5.91. The molecule has 3 amide bonds. The maximum Gasteiger partial charge on any atom is 0.314 e. The molecule has 1 atom stereocenters. The molecule has 2 rings (SSSR count). The quantitative estimate of drug-likeness (QED) is 0.676. The van der Waals surface area contributed by atoms with Crippen molar-refractivity contribution in [2.24, 2.45) is 11.8 Å². The van der Waals surface area contributed by atoms with Gasteiger partial charge >= 0.3 is 6.03 Å². The molecule has 6 nitrogen and oxygen atoms in total. The average molecular weight is 346 g/mol. The van der Waals surface area contributed by atoms with Crippen LogP contribution < -0.4 is 16.0 Å². The molecule has 25 heavy (non-hydrogen) atoms. The third-order valence-electron chi connectivity index (χ3n) is 4.24. The number of rotatable bonds is 8. The van der Waals surface area contributed by atoms with Gasteiger partial charge in [-0.05, 0) is 36.9 Å². The SMILES string of the molecule is CC(C)CN1CC[C@@H](CNC(=O)NCCC(=O)Nc2ccccc2)C1. The second-order valence-electron chi connectivity index (χ2n) is 7.11. The van der Waals surface area contributed by atoms with Crippen LogP contribution in [0.25, 0.3) is 0 Å². The molecule has 0 aromatic heterocycles. The Morgan fingerprint density at radius 1 is 1.20 bits per heavy atom. The summed E-state index contributed by atoms with van der Waals surface area (Å²) < 4.78 is 0. The van der Waals surface area contributed by atoms with Gasteiger partial charge in [-0.1, -0.05) is 32.0 Å². The second-order valence-corrected chi connectivity index (χ2v) is 7.11. The lowest BCUT2D eigenvalue weighted by atomic mass is 10.1. The molecule has 1 aromatic rings. The van der Waals surface area contributed by atoms with Crippen LogP contribution in [0, 0.1) is 11.8 Å². The van der Waals surface area contributed by atoms with E-state index in [1.54, 1.807) is 0 Å². The van der Waals surface area contributed by atoms with Crippen LogP contribution in [0.15, 0.2) is 30.3 Å². The molecule has 1 fully saturated rings. The number of carbonyl (C=O) groups is 2. The zero-order valence-corrected chi connectivity index (χ0v) is 15.3. The minimum absolute atomic E-state index is 0.105. The number of para-hydroxylation sites is 1. The van der Waals surface area contributed by atoms with Crippen LogP contribution in [0.4, 0.5) is 10.5 Å². The number of nitrogens with one attached hydrogen (secondary N) is 3. The Bertz CT molecular complexity index is 548. The summed E-state index contributed by atoms with van der Waals surface area (Å²) in [4.78, 5) is 26.1. The largest absolute Gasteiger partial charge is 0.338 e. The fraction of sp³-hybridized carbons (Fsp3) is 0.579. The zero-order chi connectivity index (χ0) is 18.1. The van der Waals surface area contributed by atoms with Gasteiger partial charge < -0.3 is 20.9 Å². The van der Waals surface area contributed by atoms with Crippen molar-refractivity contribution in [1.29, 1.82) is 0 Å². The molecule has 138 valence electrons. The molecule has 0 aliphatic carbocycles. The first kappa shape index (κ1) is 19.2. The van der Waals surface area contributed by atoms with Gasteiger partial charge in [-0.25, -0.2) is 4.79 Å². The van der Waals surface area contributed by atoms with Crippen molar-refractivity contribution >= 4 is 17.6 Å². The third-order valence-corrected chi connectivity index (χ3v) is 4.24. The maximum atomic E-state index is 11.8. The van der Waals surface area contributed by atoms with Gasteiger partial charge in [0.1, 0.15) is 0 Å². The number of amides is 3. The van der Waals surface area contributed by atoms with Gasteiger partial charge in [0, 0.05) is 38.3 Å². The van der Waals surface area contributed by atoms with Crippen molar-refractivity contribution in [1.82, 2.24) is 15.5 Å². The minimum Gasteiger partial charge on any atom is -0.338 e. The highest BCUT2D eigenvalue weighted by Gasteiger charge is 2.22. The van der Waals surface area contributed by atoms with E-state index in [9.17, 15) is 9.59 Å². The van der Waals surface area contributed by atoms with Gasteiger partial charge in [-0.15, -0.1) is 0 Å². The zero-order valence-electron chi connectivity index (χ0n) is 15.3. The standard InChI is InChI=1S/C19H30N4O2/c1-15(2)13-23-11-9-16(14-23)12-21-19(25)20-10-8-18(24)22-17-6-4-3-5-7-17/h3-7,15-16H,8-14H2,1-2H3,(H,22,24)(H2,20,21,25)/t16-/m0/s1. The van der Waals surface area contributed by atoms with Crippen LogP contribution in [0.5, 0.6) is 0 Å². The van der Waals surface area contributed by atoms with E-state index in [0.717, 1.165) is 31.7 Å². The van der Waals surface area contributed by atoms with Gasteiger partial charge in [-0.3, -0.25) is 4.79 Å². The molecular formula is C19H30N4O2.